The molecule has 5 nitrogen and oxygen atoms in total. The fourth-order valence-corrected chi connectivity index (χ4v) is 1.08. The second kappa shape index (κ2) is 5.37. The van der Waals surface area contributed by atoms with Gasteiger partial charge in [0.05, 0.1) is 5.69 Å². The smallest absolute Gasteiger partial charge is 0.349 e. The van der Waals surface area contributed by atoms with Gasteiger partial charge in [0.1, 0.15) is 5.88 Å². The zero-order valence-corrected chi connectivity index (χ0v) is 9.40. The molecule has 2 N–H and O–H groups in total. The Bertz CT molecular complexity index is 392. The van der Waals surface area contributed by atoms with Crippen LogP contribution in [0.15, 0.2) is 24.3 Å². The van der Waals surface area contributed by atoms with E-state index in [0.717, 1.165) is 5.56 Å². The summed E-state index contributed by atoms with van der Waals surface area (Å²) < 4.78 is 0. The number of carbonyl (C=O) groups is 2. The van der Waals surface area contributed by atoms with Crippen molar-refractivity contribution in [1.29, 1.82) is 0 Å². The molecule has 0 aliphatic carbocycles. The van der Waals surface area contributed by atoms with Crippen molar-refractivity contribution < 1.29 is 14.4 Å². The number of alkyl halides is 1. The van der Waals surface area contributed by atoms with Crippen LogP contribution in [0.25, 0.3) is 0 Å². The molecule has 1 rings (SSSR count). The van der Waals surface area contributed by atoms with E-state index >= 15 is 0 Å². The molecule has 6 heteroatoms. The van der Waals surface area contributed by atoms with Gasteiger partial charge < -0.3 is 10.6 Å². The molecule has 0 aromatic heterocycles. The van der Waals surface area contributed by atoms with Gasteiger partial charge in [0, 0.05) is 0 Å². The van der Waals surface area contributed by atoms with Crippen LogP contribution in [0, 0.1) is 6.92 Å². The molecule has 0 fully saturated rings. The summed E-state index contributed by atoms with van der Waals surface area (Å²) >= 11 is 5.26. The predicted octanol–water partition coefficient (Wildman–Crippen LogP) is 1.58. The highest BCUT2D eigenvalue weighted by atomic mass is 35.5. The van der Waals surface area contributed by atoms with Crippen LogP contribution in [-0.2, 0) is 9.63 Å². The van der Waals surface area contributed by atoms with Crippen LogP contribution in [0.1, 0.15) is 5.56 Å². The van der Waals surface area contributed by atoms with Gasteiger partial charge in [-0.3, -0.25) is 0 Å². The largest absolute Gasteiger partial charge is 0.352 e. The highest BCUT2D eigenvalue weighted by molar-refractivity contribution is 6.26. The van der Waals surface area contributed by atoms with E-state index in [1.807, 2.05) is 6.92 Å². The second-order valence-corrected chi connectivity index (χ2v) is 3.33. The van der Waals surface area contributed by atoms with Gasteiger partial charge in [0.2, 0.25) is 0 Å². The van der Waals surface area contributed by atoms with Gasteiger partial charge in [-0.05, 0) is 19.1 Å². The second-order valence-electron chi connectivity index (χ2n) is 3.07. The molecule has 86 valence electrons. The summed E-state index contributed by atoms with van der Waals surface area (Å²) in [6.07, 6.45) is 0. The lowest BCUT2D eigenvalue weighted by Crippen LogP contribution is -2.38. The fraction of sp³-hybridized carbons (Fsp3) is 0.200. The predicted molar refractivity (Wildman–Crippen MR) is 60.1 cm³/mol. The summed E-state index contributed by atoms with van der Waals surface area (Å²) in [6.45, 7) is 1.89. The highest BCUT2D eigenvalue weighted by Gasteiger charge is 2.17. The molecule has 0 aliphatic rings. The topological polar surface area (TPSA) is 72.6 Å². The first-order valence-corrected chi connectivity index (χ1v) is 5.01. The number of hydroxylamine groups is 1. The first-order valence-electron chi connectivity index (χ1n) is 4.47. The van der Waals surface area contributed by atoms with E-state index in [1.165, 1.54) is 0 Å². The van der Waals surface area contributed by atoms with E-state index in [1.54, 1.807) is 24.3 Å². The Morgan fingerprint density at radius 2 is 1.94 bits per heavy atom. The minimum Gasteiger partial charge on any atom is -0.349 e. The molecule has 0 aliphatic heterocycles. The van der Waals surface area contributed by atoms with E-state index in [-0.39, 0.29) is 5.88 Å². The Labute approximate surface area is 97.7 Å². The third-order valence-electron chi connectivity index (χ3n) is 1.77. The fourth-order valence-electron chi connectivity index (χ4n) is 1.03. The summed E-state index contributed by atoms with van der Waals surface area (Å²) in [6, 6.07) is 5.87. The van der Waals surface area contributed by atoms with Gasteiger partial charge in [-0.2, -0.15) is 0 Å². The van der Waals surface area contributed by atoms with Crippen LogP contribution < -0.4 is 10.8 Å². The summed E-state index contributed by atoms with van der Waals surface area (Å²) in [5, 5.41) is 0.699. The Morgan fingerprint density at radius 1 is 1.38 bits per heavy atom. The molecule has 1 aromatic rings. The standard InChI is InChI=1S/C10H11ClN2O3/c1-7-2-4-8(5-3-7)13(10(12)15)16-9(14)6-11/h2-5H,6H2,1H3,(H2,12,15). The minimum absolute atomic E-state index is 0.352. The molecule has 0 atom stereocenters. The molecular weight excluding hydrogens is 232 g/mol. The number of amides is 2. The molecule has 0 radical (unpaired) electrons. The number of carbonyl (C=O) groups excluding carboxylic acids is 2. The van der Waals surface area contributed by atoms with Crippen molar-refractivity contribution in [3.63, 3.8) is 0 Å². The number of rotatable bonds is 2. The molecule has 16 heavy (non-hydrogen) atoms. The number of halogens is 1. The van der Waals surface area contributed by atoms with Gasteiger partial charge in [-0.1, -0.05) is 17.7 Å². The van der Waals surface area contributed by atoms with Gasteiger partial charge in [0.15, 0.2) is 0 Å². The van der Waals surface area contributed by atoms with Crippen molar-refractivity contribution in [1.82, 2.24) is 0 Å². The van der Waals surface area contributed by atoms with Crippen molar-refractivity contribution in [2.75, 3.05) is 10.9 Å². The number of nitrogens with zero attached hydrogens (tertiary/aromatic N) is 1. The molecule has 0 heterocycles. The quantitative estimate of drug-likeness (QED) is 0.632. The van der Waals surface area contributed by atoms with E-state index in [0.29, 0.717) is 10.8 Å². The number of hydrogen-bond acceptors (Lipinski definition) is 3. The van der Waals surface area contributed by atoms with Gasteiger partial charge in [-0.15, -0.1) is 16.7 Å². The Hall–Kier alpha value is -1.75. The SMILES string of the molecule is Cc1ccc(N(OC(=O)CCl)C(N)=O)cc1. The summed E-state index contributed by atoms with van der Waals surface area (Å²) in [7, 11) is 0. The monoisotopic (exact) mass is 242 g/mol. The van der Waals surface area contributed by atoms with Gasteiger partial charge in [0.25, 0.3) is 0 Å². The molecular formula is C10H11ClN2O3. The Morgan fingerprint density at radius 3 is 2.38 bits per heavy atom. The third-order valence-corrected chi connectivity index (χ3v) is 1.99. The van der Waals surface area contributed by atoms with Crippen LogP contribution in [-0.4, -0.2) is 17.9 Å². The lowest BCUT2D eigenvalue weighted by molar-refractivity contribution is -0.140. The number of anilines is 1. The van der Waals surface area contributed by atoms with Crippen molar-refractivity contribution in [3.8, 4) is 0 Å². The van der Waals surface area contributed by atoms with Crippen LogP contribution in [0.4, 0.5) is 10.5 Å². The lowest BCUT2D eigenvalue weighted by Gasteiger charge is -2.18. The van der Waals surface area contributed by atoms with E-state index in [4.69, 9.17) is 17.3 Å². The first kappa shape index (κ1) is 12.3. The Kier molecular flexibility index (Phi) is 4.13. The molecule has 0 bridgehead atoms. The summed E-state index contributed by atoms with van der Waals surface area (Å²) in [5.41, 5.74) is 6.46. The first-order chi connectivity index (χ1) is 7.54. The van der Waals surface area contributed by atoms with Gasteiger partial charge >= 0.3 is 12.0 Å². The summed E-state index contributed by atoms with van der Waals surface area (Å²) in [4.78, 5) is 26.7. The van der Waals surface area contributed by atoms with E-state index in [2.05, 4.69) is 4.84 Å². The molecule has 2 amide bonds. The number of primary amides is 1. The highest BCUT2D eigenvalue weighted by Crippen LogP contribution is 2.15. The van der Waals surface area contributed by atoms with Crippen molar-refractivity contribution >= 4 is 29.3 Å². The van der Waals surface area contributed by atoms with Gasteiger partial charge in [-0.25, -0.2) is 9.59 Å². The molecule has 0 saturated carbocycles. The maximum absolute atomic E-state index is 11.1. The van der Waals surface area contributed by atoms with Crippen LogP contribution in [0.2, 0.25) is 0 Å². The van der Waals surface area contributed by atoms with Crippen molar-refractivity contribution in [2.24, 2.45) is 5.73 Å². The zero-order chi connectivity index (χ0) is 12.1. The number of urea groups is 1. The maximum atomic E-state index is 11.1. The van der Waals surface area contributed by atoms with Crippen molar-refractivity contribution in [3.05, 3.63) is 29.8 Å². The zero-order valence-electron chi connectivity index (χ0n) is 8.64. The lowest BCUT2D eigenvalue weighted by atomic mass is 10.2. The molecule has 0 saturated heterocycles. The number of nitrogens with two attached hydrogens (primary N) is 1. The van der Waals surface area contributed by atoms with E-state index < -0.39 is 12.0 Å². The van der Waals surface area contributed by atoms with Crippen LogP contribution >= 0.6 is 11.6 Å². The normalized spacial score (nSPS) is 9.62. The average Bonchev–Trinajstić information content (AvgIpc) is 2.26. The average molecular weight is 243 g/mol. The summed E-state index contributed by atoms with van der Waals surface area (Å²) in [5.74, 6) is -1.10. The minimum atomic E-state index is -0.887. The number of aryl methyl sites for hydroxylation is 1. The van der Waals surface area contributed by atoms with Crippen molar-refractivity contribution in [2.45, 2.75) is 6.92 Å². The molecule has 0 spiro atoms. The third kappa shape index (κ3) is 3.13. The van der Waals surface area contributed by atoms with E-state index in [9.17, 15) is 9.59 Å². The number of benzene rings is 1. The molecule has 1 aromatic carbocycles. The molecule has 0 unspecified atom stereocenters. The van der Waals surface area contributed by atoms with Crippen LogP contribution in [0.5, 0.6) is 0 Å². The maximum Gasteiger partial charge on any atom is 0.352 e. The van der Waals surface area contributed by atoms with Crippen LogP contribution in [0.3, 0.4) is 0 Å². The Balaban J connectivity index is 2.89. The number of hydrogen-bond donors (Lipinski definition) is 1.